The van der Waals surface area contributed by atoms with Crippen LogP contribution in [-0.4, -0.2) is 21.6 Å². The second-order valence-electron chi connectivity index (χ2n) is 6.64. The van der Waals surface area contributed by atoms with Gasteiger partial charge in [-0.15, -0.1) is 0 Å². The Morgan fingerprint density at radius 2 is 1.93 bits per heavy atom. The molecule has 0 bridgehead atoms. The van der Waals surface area contributed by atoms with Crippen LogP contribution in [0.5, 0.6) is 5.75 Å². The molecule has 28 heavy (non-hydrogen) atoms. The lowest BCUT2D eigenvalue weighted by molar-refractivity contribution is 0.415. The molecule has 0 radical (unpaired) electrons. The summed E-state index contributed by atoms with van der Waals surface area (Å²) in [5, 5.41) is 9.74. The molecule has 0 spiro atoms. The first kappa shape index (κ1) is 17.6. The second kappa shape index (κ2) is 7.09. The van der Waals surface area contributed by atoms with Gasteiger partial charge in [0.15, 0.2) is 0 Å². The first-order valence-electron chi connectivity index (χ1n) is 9.01. The van der Waals surface area contributed by atoms with Crippen LogP contribution in [0.1, 0.15) is 22.8 Å². The minimum Gasteiger partial charge on any atom is -0.497 e. The van der Waals surface area contributed by atoms with E-state index in [-0.39, 0.29) is 0 Å². The summed E-state index contributed by atoms with van der Waals surface area (Å²) < 4.78 is 7.44. The van der Waals surface area contributed by atoms with E-state index in [1.54, 1.807) is 7.11 Å². The van der Waals surface area contributed by atoms with Gasteiger partial charge in [0, 0.05) is 23.1 Å². The average Bonchev–Trinajstić information content (AvgIpc) is 3.26. The Morgan fingerprint density at radius 1 is 1.14 bits per heavy atom. The number of aryl methyl sites for hydroxylation is 1. The predicted molar refractivity (Wildman–Crippen MR) is 111 cm³/mol. The number of hydrogen-bond acceptors (Lipinski definition) is 3. The lowest BCUT2D eigenvalue weighted by Gasteiger charge is -2.09. The van der Waals surface area contributed by atoms with Gasteiger partial charge in [-0.25, -0.2) is 4.98 Å². The summed E-state index contributed by atoms with van der Waals surface area (Å²) in [4.78, 5) is 7.79. The molecule has 0 aliphatic heterocycles. The van der Waals surface area contributed by atoms with E-state index < -0.39 is 0 Å². The zero-order valence-electron chi connectivity index (χ0n) is 16.0. The number of nitrogens with one attached hydrogen (secondary N) is 1. The van der Waals surface area contributed by atoms with Crippen molar-refractivity contribution in [3.8, 4) is 17.5 Å². The van der Waals surface area contributed by atoms with Crippen LogP contribution in [0.4, 0.5) is 0 Å². The van der Waals surface area contributed by atoms with E-state index in [1.165, 1.54) is 0 Å². The predicted octanol–water partition coefficient (Wildman–Crippen LogP) is 5.04. The molecule has 0 saturated carbocycles. The van der Waals surface area contributed by atoms with Crippen LogP contribution in [0, 0.1) is 25.2 Å². The summed E-state index contributed by atoms with van der Waals surface area (Å²) in [6.07, 6.45) is 1.89. The lowest BCUT2D eigenvalue weighted by atomic mass is 10.1. The zero-order chi connectivity index (χ0) is 19.7. The highest BCUT2D eigenvalue weighted by atomic mass is 16.5. The molecule has 5 nitrogen and oxygen atoms in total. The molecular weight excluding hydrogens is 348 g/mol. The highest BCUT2D eigenvalue weighted by Gasteiger charge is 2.13. The van der Waals surface area contributed by atoms with Crippen LogP contribution < -0.4 is 4.74 Å². The number of H-pyrrole nitrogens is 1. The second-order valence-corrected chi connectivity index (χ2v) is 6.64. The van der Waals surface area contributed by atoms with E-state index in [0.29, 0.717) is 11.4 Å². The van der Waals surface area contributed by atoms with E-state index >= 15 is 0 Å². The first-order valence-corrected chi connectivity index (χ1v) is 9.01. The summed E-state index contributed by atoms with van der Waals surface area (Å²) in [5.74, 6) is 1.30. The Morgan fingerprint density at radius 3 is 2.64 bits per heavy atom. The molecule has 0 unspecified atom stereocenters. The third-order valence-corrected chi connectivity index (χ3v) is 4.85. The summed E-state index contributed by atoms with van der Waals surface area (Å²) in [7, 11) is 1.63. The number of allylic oxidation sites excluding steroid dienone is 1. The number of nitrogens with zero attached hydrogens (tertiary/aromatic N) is 3. The van der Waals surface area contributed by atoms with Crippen LogP contribution in [0.15, 0.2) is 54.6 Å². The number of fused-ring (bicyclic) bond motifs is 1. The molecule has 0 aliphatic carbocycles. The standard InChI is InChI=1S/C23H20N4O/c1-15-11-17(16(2)27(15)19-7-5-4-6-8-19)12-18(14-24)23-25-21-10-9-20(28-3)13-22(21)26-23/h4-13H,1-3H3,(H,25,26)/b18-12+. The van der Waals surface area contributed by atoms with E-state index in [1.807, 2.05) is 42.5 Å². The van der Waals surface area contributed by atoms with E-state index in [2.05, 4.69) is 52.7 Å². The number of rotatable bonds is 4. The fourth-order valence-electron chi connectivity index (χ4n) is 3.46. The number of methoxy groups -OCH3 is 1. The maximum Gasteiger partial charge on any atom is 0.149 e. The van der Waals surface area contributed by atoms with E-state index in [9.17, 15) is 5.26 Å². The van der Waals surface area contributed by atoms with Gasteiger partial charge in [0.05, 0.1) is 23.7 Å². The lowest BCUT2D eigenvalue weighted by Crippen LogP contribution is -1.98. The minimum atomic E-state index is 0.489. The zero-order valence-corrected chi connectivity index (χ0v) is 16.0. The van der Waals surface area contributed by atoms with Gasteiger partial charge in [-0.05, 0) is 55.8 Å². The molecule has 4 rings (SSSR count). The van der Waals surface area contributed by atoms with Crippen LogP contribution >= 0.6 is 0 Å². The fourth-order valence-corrected chi connectivity index (χ4v) is 3.46. The van der Waals surface area contributed by atoms with Crippen LogP contribution in [0.2, 0.25) is 0 Å². The van der Waals surface area contributed by atoms with Crippen molar-refractivity contribution in [3.63, 3.8) is 0 Å². The number of aromatic nitrogens is 3. The number of nitriles is 1. The van der Waals surface area contributed by atoms with Crippen molar-refractivity contribution in [2.24, 2.45) is 0 Å². The molecule has 2 aromatic heterocycles. The third-order valence-electron chi connectivity index (χ3n) is 4.85. The Hall–Kier alpha value is -3.78. The Bertz CT molecular complexity index is 1220. The number of benzene rings is 2. The van der Waals surface area contributed by atoms with Crippen LogP contribution in [-0.2, 0) is 0 Å². The molecule has 4 aromatic rings. The van der Waals surface area contributed by atoms with E-state index in [4.69, 9.17) is 4.74 Å². The average molecular weight is 368 g/mol. The monoisotopic (exact) mass is 368 g/mol. The molecule has 138 valence electrons. The Kier molecular flexibility index (Phi) is 4.46. The molecule has 0 saturated heterocycles. The summed E-state index contributed by atoms with van der Waals surface area (Å²) in [6.45, 7) is 4.13. The van der Waals surface area contributed by atoms with Crippen molar-refractivity contribution < 1.29 is 4.74 Å². The summed E-state index contributed by atoms with van der Waals surface area (Å²) in [6, 6.07) is 20.2. The minimum absolute atomic E-state index is 0.489. The quantitative estimate of drug-likeness (QED) is 0.513. The fraction of sp³-hybridized carbons (Fsp3) is 0.130. The molecule has 0 atom stereocenters. The summed E-state index contributed by atoms with van der Waals surface area (Å²) in [5.41, 5.74) is 6.42. The Balaban J connectivity index is 1.78. The molecule has 2 aromatic carbocycles. The number of imidazole rings is 1. The normalized spacial score (nSPS) is 11.6. The van der Waals surface area contributed by atoms with Gasteiger partial charge in [0.2, 0.25) is 0 Å². The first-order chi connectivity index (χ1) is 13.6. The molecule has 0 aliphatic rings. The van der Waals surface area contributed by atoms with Gasteiger partial charge in [-0.1, -0.05) is 18.2 Å². The topological polar surface area (TPSA) is 66.6 Å². The van der Waals surface area contributed by atoms with Crippen molar-refractivity contribution >= 4 is 22.7 Å². The molecule has 1 N–H and O–H groups in total. The highest BCUT2D eigenvalue weighted by Crippen LogP contribution is 2.26. The van der Waals surface area contributed by atoms with Gasteiger partial charge in [0.25, 0.3) is 0 Å². The molecule has 2 heterocycles. The Labute approximate surface area is 163 Å². The molecular formula is C23H20N4O. The maximum atomic E-state index is 9.74. The van der Waals surface area contributed by atoms with Crippen LogP contribution in [0.25, 0.3) is 28.4 Å². The van der Waals surface area contributed by atoms with Gasteiger partial charge in [0.1, 0.15) is 17.6 Å². The van der Waals surface area contributed by atoms with Gasteiger partial charge >= 0.3 is 0 Å². The highest BCUT2D eigenvalue weighted by molar-refractivity contribution is 5.91. The van der Waals surface area contributed by atoms with Gasteiger partial charge in [-0.3, -0.25) is 0 Å². The number of ether oxygens (including phenoxy) is 1. The molecule has 0 fully saturated rings. The number of para-hydroxylation sites is 1. The van der Waals surface area contributed by atoms with Crippen molar-refractivity contribution in [2.45, 2.75) is 13.8 Å². The van der Waals surface area contributed by atoms with Gasteiger partial charge in [-0.2, -0.15) is 5.26 Å². The van der Waals surface area contributed by atoms with E-state index in [0.717, 1.165) is 39.4 Å². The number of aromatic amines is 1. The maximum absolute atomic E-state index is 9.74. The van der Waals surface area contributed by atoms with Crippen LogP contribution in [0.3, 0.4) is 0 Å². The van der Waals surface area contributed by atoms with Crippen molar-refractivity contribution in [1.29, 1.82) is 5.26 Å². The summed E-state index contributed by atoms with van der Waals surface area (Å²) >= 11 is 0. The van der Waals surface area contributed by atoms with Gasteiger partial charge < -0.3 is 14.3 Å². The molecule has 0 amide bonds. The SMILES string of the molecule is COc1ccc2nc(/C(C#N)=C/c3cc(C)n(-c4ccccc4)c3C)[nH]c2c1. The van der Waals surface area contributed by atoms with Crippen molar-refractivity contribution in [2.75, 3.05) is 7.11 Å². The third kappa shape index (κ3) is 3.06. The van der Waals surface area contributed by atoms with Crippen molar-refractivity contribution in [3.05, 3.63) is 77.4 Å². The smallest absolute Gasteiger partial charge is 0.149 e. The largest absolute Gasteiger partial charge is 0.497 e. The van der Waals surface area contributed by atoms with Crippen molar-refractivity contribution in [1.82, 2.24) is 14.5 Å². The number of hydrogen-bond donors (Lipinski definition) is 1. The molecule has 5 heteroatoms.